The second-order valence-electron chi connectivity index (χ2n) is 5.83. The summed E-state index contributed by atoms with van der Waals surface area (Å²) in [6, 6.07) is 0. The van der Waals surface area contributed by atoms with Crippen LogP contribution in [0.4, 0.5) is 0 Å². The number of hydrogen-bond acceptors (Lipinski definition) is 2. The highest BCUT2D eigenvalue weighted by Crippen LogP contribution is 2.28. The Morgan fingerprint density at radius 3 is 2.00 bits per heavy atom. The molecule has 0 saturated heterocycles. The Hall–Kier alpha value is -0.0800. The lowest BCUT2D eigenvalue weighted by molar-refractivity contribution is 0.0640. The molecule has 1 N–H and O–H groups in total. The number of aliphatic hydroxyl groups is 1. The molecular weight excluding hydrogens is 188 g/mol. The van der Waals surface area contributed by atoms with Crippen molar-refractivity contribution in [3.63, 3.8) is 0 Å². The second kappa shape index (κ2) is 7.24. The fraction of sp³-hybridized carbons (Fsp3) is 1.00. The van der Waals surface area contributed by atoms with Gasteiger partial charge >= 0.3 is 0 Å². The zero-order valence-electron chi connectivity index (χ0n) is 11.0. The maximum Gasteiger partial charge on any atom is 0.0469 e. The highest BCUT2D eigenvalue weighted by molar-refractivity contribution is 4.72. The van der Waals surface area contributed by atoms with E-state index in [0.29, 0.717) is 11.8 Å². The molecule has 92 valence electrons. The summed E-state index contributed by atoms with van der Waals surface area (Å²) >= 11 is 0. The summed E-state index contributed by atoms with van der Waals surface area (Å²) in [6.07, 6.45) is 2.08. The lowest BCUT2D eigenvalue weighted by Crippen LogP contribution is -2.25. The van der Waals surface area contributed by atoms with E-state index in [1.165, 1.54) is 0 Å². The lowest BCUT2D eigenvalue weighted by atomic mass is 9.79. The van der Waals surface area contributed by atoms with Gasteiger partial charge < -0.3 is 9.84 Å². The molecule has 0 amide bonds. The Morgan fingerprint density at radius 1 is 1.07 bits per heavy atom. The molecule has 0 heterocycles. The van der Waals surface area contributed by atoms with Crippen LogP contribution >= 0.6 is 0 Å². The first-order chi connectivity index (χ1) is 6.88. The molecule has 0 radical (unpaired) electrons. The van der Waals surface area contributed by atoms with E-state index < -0.39 is 0 Å². The Kier molecular flexibility index (Phi) is 7.20. The van der Waals surface area contributed by atoms with Gasteiger partial charge in [-0.05, 0) is 30.1 Å². The zero-order chi connectivity index (χ0) is 11.9. The third-order valence-corrected chi connectivity index (χ3v) is 2.90. The summed E-state index contributed by atoms with van der Waals surface area (Å²) in [4.78, 5) is 0. The van der Waals surface area contributed by atoms with Crippen LogP contribution in [0.3, 0.4) is 0 Å². The van der Waals surface area contributed by atoms with E-state index >= 15 is 0 Å². The molecule has 0 aromatic rings. The van der Waals surface area contributed by atoms with Gasteiger partial charge in [0.2, 0.25) is 0 Å². The van der Waals surface area contributed by atoms with Crippen LogP contribution in [0.5, 0.6) is 0 Å². The van der Waals surface area contributed by atoms with Crippen LogP contribution in [0.2, 0.25) is 0 Å². The summed E-state index contributed by atoms with van der Waals surface area (Å²) in [5.41, 5.74) is 0.177. The monoisotopic (exact) mass is 216 g/mol. The second-order valence-corrected chi connectivity index (χ2v) is 5.83. The van der Waals surface area contributed by atoms with Gasteiger partial charge in [-0.2, -0.15) is 0 Å². The fourth-order valence-electron chi connectivity index (χ4n) is 1.44. The molecule has 2 nitrogen and oxygen atoms in total. The van der Waals surface area contributed by atoms with Gasteiger partial charge in [0.15, 0.2) is 0 Å². The lowest BCUT2D eigenvalue weighted by Gasteiger charge is -2.28. The van der Waals surface area contributed by atoms with E-state index in [9.17, 15) is 5.11 Å². The van der Waals surface area contributed by atoms with E-state index in [1.807, 2.05) is 0 Å². The van der Waals surface area contributed by atoms with Crippen LogP contribution < -0.4 is 0 Å². The molecule has 0 fully saturated rings. The molecule has 0 aromatic carbocycles. The Balaban J connectivity index is 3.56. The molecule has 2 heteroatoms. The van der Waals surface area contributed by atoms with Crippen LogP contribution in [-0.4, -0.2) is 24.9 Å². The first-order valence-corrected chi connectivity index (χ1v) is 6.06. The van der Waals surface area contributed by atoms with Crippen LogP contribution in [0.1, 0.15) is 47.5 Å². The topological polar surface area (TPSA) is 29.5 Å². The molecule has 0 aliphatic rings. The minimum Gasteiger partial charge on any atom is -0.396 e. The van der Waals surface area contributed by atoms with Crippen LogP contribution in [-0.2, 0) is 4.74 Å². The summed E-state index contributed by atoms with van der Waals surface area (Å²) in [7, 11) is 0. The van der Waals surface area contributed by atoms with Gasteiger partial charge in [0.1, 0.15) is 0 Å². The molecule has 1 unspecified atom stereocenters. The van der Waals surface area contributed by atoms with Crippen molar-refractivity contribution < 1.29 is 9.84 Å². The first kappa shape index (κ1) is 14.9. The SMILES string of the molecule is CC(C)CCOCCC(CO)C(C)(C)C. The largest absolute Gasteiger partial charge is 0.396 e. The van der Waals surface area contributed by atoms with Gasteiger partial charge in [-0.3, -0.25) is 0 Å². The van der Waals surface area contributed by atoms with Gasteiger partial charge in [0.25, 0.3) is 0 Å². The average molecular weight is 216 g/mol. The minimum absolute atomic E-state index is 0.177. The van der Waals surface area contributed by atoms with Crippen molar-refractivity contribution in [1.82, 2.24) is 0 Å². The first-order valence-electron chi connectivity index (χ1n) is 6.06. The number of aliphatic hydroxyl groups excluding tert-OH is 1. The predicted molar refractivity (Wildman–Crippen MR) is 64.9 cm³/mol. The smallest absolute Gasteiger partial charge is 0.0469 e. The van der Waals surface area contributed by atoms with Crippen molar-refractivity contribution in [3.05, 3.63) is 0 Å². The van der Waals surface area contributed by atoms with Crippen molar-refractivity contribution in [1.29, 1.82) is 0 Å². The molecule has 0 rings (SSSR count). The molecule has 0 aliphatic carbocycles. The summed E-state index contributed by atoms with van der Waals surface area (Å²) in [6.45, 7) is 12.8. The van der Waals surface area contributed by atoms with Gasteiger partial charge in [-0.1, -0.05) is 34.6 Å². The Labute approximate surface area is 95.0 Å². The van der Waals surface area contributed by atoms with Crippen molar-refractivity contribution in [2.45, 2.75) is 47.5 Å². The van der Waals surface area contributed by atoms with E-state index in [2.05, 4.69) is 34.6 Å². The van der Waals surface area contributed by atoms with Crippen molar-refractivity contribution in [2.75, 3.05) is 19.8 Å². The van der Waals surface area contributed by atoms with Crippen LogP contribution in [0.25, 0.3) is 0 Å². The van der Waals surface area contributed by atoms with E-state index in [1.54, 1.807) is 0 Å². The maximum atomic E-state index is 9.25. The number of hydrogen-bond donors (Lipinski definition) is 1. The molecule has 15 heavy (non-hydrogen) atoms. The maximum absolute atomic E-state index is 9.25. The van der Waals surface area contributed by atoms with E-state index in [4.69, 9.17) is 4.74 Å². The Bertz CT molecular complexity index is 147. The third kappa shape index (κ3) is 7.80. The summed E-state index contributed by atoms with van der Waals surface area (Å²) in [5, 5.41) is 9.25. The van der Waals surface area contributed by atoms with Gasteiger partial charge in [0.05, 0.1) is 0 Å². The third-order valence-electron chi connectivity index (χ3n) is 2.90. The molecule has 0 aliphatic heterocycles. The van der Waals surface area contributed by atoms with Gasteiger partial charge in [0, 0.05) is 19.8 Å². The Morgan fingerprint density at radius 2 is 1.60 bits per heavy atom. The summed E-state index contributed by atoms with van der Waals surface area (Å²) < 4.78 is 5.56. The van der Waals surface area contributed by atoms with Crippen LogP contribution in [0, 0.1) is 17.3 Å². The normalized spacial score (nSPS) is 14.6. The van der Waals surface area contributed by atoms with Gasteiger partial charge in [-0.25, -0.2) is 0 Å². The molecule has 0 spiro atoms. The van der Waals surface area contributed by atoms with E-state index in [-0.39, 0.29) is 12.0 Å². The van der Waals surface area contributed by atoms with E-state index in [0.717, 1.165) is 26.1 Å². The molecule has 0 saturated carbocycles. The van der Waals surface area contributed by atoms with Crippen molar-refractivity contribution in [2.24, 2.45) is 17.3 Å². The van der Waals surface area contributed by atoms with Crippen LogP contribution in [0.15, 0.2) is 0 Å². The molecule has 0 bridgehead atoms. The highest BCUT2D eigenvalue weighted by atomic mass is 16.5. The van der Waals surface area contributed by atoms with Crippen molar-refractivity contribution >= 4 is 0 Å². The summed E-state index contributed by atoms with van der Waals surface area (Å²) in [5.74, 6) is 1.05. The minimum atomic E-state index is 0.177. The number of ether oxygens (including phenoxy) is 1. The fourth-order valence-corrected chi connectivity index (χ4v) is 1.44. The highest BCUT2D eigenvalue weighted by Gasteiger charge is 2.23. The molecule has 0 aromatic heterocycles. The average Bonchev–Trinajstić information content (AvgIpc) is 2.08. The standard InChI is InChI=1S/C13H28O2/c1-11(2)6-8-15-9-7-12(10-14)13(3,4)5/h11-12,14H,6-10H2,1-5H3. The molecule has 1 atom stereocenters. The molecular formula is C13H28O2. The number of rotatable bonds is 7. The quantitative estimate of drug-likeness (QED) is 0.663. The van der Waals surface area contributed by atoms with Crippen molar-refractivity contribution in [3.8, 4) is 0 Å². The predicted octanol–water partition coefficient (Wildman–Crippen LogP) is 3.09. The zero-order valence-corrected chi connectivity index (χ0v) is 11.0. The van der Waals surface area contributed by atoms with Gasteiger partial charge in [-0.15, -0.1) is 0 Å².